The van der Waals surface area contributed by atoms with Crippen LogP contribution < -0.4 is 10.6 Å². The lowest BCUT2D eigenvalue weighted by Crippen LogP contribution is -2.33. The van der Waals surface area contributed by atoms with Gasteiger partial charge in [0, 0.05) is 12.2 Å². The van der Waals surface area contributed by atoms with Crippen molar-refractivity contribution < 1.29 is 4.79 Å². The highest BCUT2D eigenvalue weighted by Crippen LogP contribution is 2.33. The Morgan fingerprint density at radius 2 is 1.86 bits per heavy atom. The molecule has 4 nitrogen and oxygen atoms in total. The summed E-state index contributed by atoms with van der Waals surface area (Å²) in [6.45, 7) is 4.56. The lowest BCUT2D eigenvalue weighted by Gasteiger charge is -2.25. The van der Waals surface area contributed by atoms with Crippen LogP contribution in [-0.2, 0) is 4.79 Å². The Labute approximate surface area is 173 Å². The minimum absolute atomic E-state index is 0.121. The summed E-state index contributed by atoms with van der Waals surface area (Å²) >= 11 is 6.01. The van der Waals surface area contributed by atoms with E-state index in [4.69, 9.17) is 11.6 Å². The molecule has 150 valence electrons. The molecule has 0 bridgehead atoms. The molecular weight excluding hydrogens is 370 g/mol. The van der Waals surface area contributed by atoms with Gasteiger partial charge in [0.25, 0.3) is 0 Å². The van der Waals surface area contributed by atoms with Crippen molar-refractivity contribution in [2.24, 2.45) is 5.92 Å². The van der Waals surface area contributed by atoms with Crippen molar-refractivity contribution in [2.45, 2.75) is 57.9 Å². The van der Waals surface area contributed by atoms with Gasteiger partial charge in [0.2, 0.25) is 5.91 Å². The van der Waals surface area contributed by atoms with Gasteiger partial charge in [-0.1, -0.05) is 69.0 Å². The topological polar surface area (TPSA) is 54.0 Å². The molecule has 1 aromatic heterocycles. The van der Waals surface area contributed by atoms with Gasteiger partial charge in [0.15, 0.2) is 5.15 Å². The Hall–Kier alpha value is -1.91. The van der Waals surface area contributed by atoms with E-state index in [0.29, 0.717) is 22.7 Å². The van der Waals surface area contributed by atoms with Gasteiger partial charge in [-0.3, -0.25) is 4.79 Å². The highest BCUT2D eigenvalue weighted by molar-refractivity contribution is 6.32. The molecule has 1 aliphatic carbocycles. The van der Waals surface area contributed by atoms with Gasteiger partial charge in [0.1, 0.15) is 0 Å². The van der Waals surface area contributed by atoms with Crippen LogP contribution in [0.4, 0.5) is 5.69 Å². The number of benzene rings is 1. The maximum Gasteiger partial charge on any atom is 0.238 e. The molecule has 3 rings (SSSR count). The average molecular weight is 400 g/mol. The molecule has 0 radical (unpaired) electrons. The number of carbonyl (C=O) groups excluding carboxylic acids is 1. The summed E-state index contributed by atoms with van der Waals surface area (Å²) in [4.78, 5) is 16.3. The molecule has 28 heavy (non-hydrogen) atoms. The zero-order valence-corrected chi connectivity index (χ0v) is 17.5. The maximum absolute atomic E-state index is 12.3. The van der Waals surface area contributed by atoms with Crippen molar-refractivity contribution in [3.05, 3.63) is 58.9 Å². The highest BCUT2D eigenvalue weighted by atomic mass is 35.5. The van der Waals surface area contributed by atoms with Crippen molar-refractivity contribution in [3.63, 3.8) is 0 Å². The number of amides is 1. The molecule has 1 heterocycles. The van der Waals surface area contributed by atoms with Crippen molar-refractivity contribution in [2.75, 3.05) is 11.9 Å². The largest absolute Gasteiger partial charge is 0.322 e. The van der Waals surface area contributed by atoms with Crippen LogP contribution in [0.5, 0.6) is 0 Å². The molecule has 0 aliphatic heterocycles. The number of hydrogen-bond donors (Lipinski definition) is 2. The van der Waals surface area contributed by atoms with E-state index in [9.17, 15) is 4.79 Å². The predicted molar refractivity (Wildman–Crippen MR) is 116 cm³/mol. The summed E-state index contributed by atoms with van der Waals surface area (Å²) in [5, 5.41) is 6.51. The number of rotatable bonds is 7. The van der Waals surface area contributed by atoms with Gasteiger partial charge in [-0.2, -0.15) is 0 Å². The van der Waals surface area contributed by atoms with E-state index in [-0.39, 0.29) is 18.5 Å². The van der Waals surface area contributed by atoms with Crippen LogP contribution in [0.25, 0.3) is 0 Å². The molecule has 0 spiro atoms. The van der Waals surface area contributed by atoms with Crippen LogP contribution in [-0.4, -0.2) is 17.4 Å². The molecule has 1 unspecified atom stereocenters. The molecule has 1 atom stereocenters. The normalized spacial score (nSPS) is 16.1. The average Bonchev–Trinajstić information content (AvgIpc) is 2.71. The van der Waals surface area contributed by atoms with E-state index in [2.05, 4.69) is 53.7 Å². The summed E-state index contributed by atoms with van der Waals surface area (Å²) in [6.07, 6.45) is 8.28. The fourth-order valence-corrected chi connectivity index (χ4v) is 4.19. The van der Waals surface area contributed by atoms with Crippen molar-refractivity contribution in [3.8, 4) is 0 Å². The number of nitrogens with one attached hydrogen (secondary N) is 2. The second kappa shape index (κ2) is 10.0. The second-order valence-corrected chi connectivity index (χ2v) is 8.35. The summed E-state index contributed by atoms with van der Waals surface area (Å²) in [5.41, 5.74) is 3.21. The number of hydrogen-bond acceptors (Lipinski definition) is 3. The molecule has 2 aromatic rings. The van der Waals surface area contributed by atoms with Gasteiger partial charge in [-0.25, -0.2) is 4.98 Å². The van der Waals surface area contributed by atoms with Crippen molar-refractivity contribution >= 4 is 23.2 Å². The first-order valence-electron chi connectivity index (χ1n) is 10.3. The van der Waals surface area contributed by atoms with Crippen molar-refractivity contribution in [1.29, 1.82) is 0 Å². The van der Waals surface area contributed by atoms with Crippen LogP contribution in [0.2, 0.25) is 5.15 Å². The fourth-order valence-electron chi connectivity index (χ4n) is 4.03. The minimum atomic E-state index is -0.126. The Morgan fingerprint density at radius 3 is 2.50 bits per heavy atom. The quantitative estimate of drug-likeness (QED) is 0.586. The SMILES string of the molecule is CC(C)C(NCC(=O)Nc1cccnc1Cl)c1ccc(C2CCCCC2)cc1. The summed E-state index contributed by atoms with van der Waals surface area (Å²) in [7, 11) is 0. The van der Waals surface area contributed by atoms with Gasteiger partial charge in [-0.05, 0) is 47.9 Å². The zero-order chi connectivity index (χ0) is 19.9. The number of aromatic nitrogens is 1. The van der Waals surface area contributed by atoms with Crippen LogP contribution in [0.3, 0.4) is 0 Å². The Morgan fingerprint density at radius 1 is 1.14 bits per heavy atom. The number of nitrogens with zero attached hydrogens (tertiary/aromatic N) is 1. The summed E-state index contributed by atoms with van der Waals surface area (Å²) < 4.78 is 0. The third kappa shape index (κ3) is 5.55. The van der Waals surface area contributed by atoms with Crippen molar-refractivity contribution in [1.82, 2.24) is 10.3 Å². The summed E-state index contributed by atoms with van der Waals surface area (Å²) in [5.74, 6) is 0.956. The first-order valence-corrected chi connectivity index (χ1v) is 10.7. The lowest BCUT2D eigenvalue weighted by molar-refractivity contribution is -0.115. The van der Waals surface area contributed by atoms with Gasteiger partial charge >= 0.3 is 0 Å². The highest BCUT2D eigenvalue weighted by Gasteiger charge is 2.19. The standard InChI is InChI=1S/C23H30ClN3O/c1-16(2)22(26-15-21(28)27-20-9-6-14-25-23(20)24)19-12-10-18(11-13-19)17-7-4-3-5-8-17/h6,9-14,16-17,22,26H,3-5,7-8,15H2,1-2H3,(H,27,28). The Balaban J connectivity index is 1.60. The smallest absolute Gasteiger partial charge is 0.238 e. The molecule has 1 saturated carbocycles. The zero-order valence-electron chi connectivity index (χ0n) is 16.7. The van der Waals surface area contributed by atoms with Gasteiger partial charge in [-0.15, -0.1) is 0 Å². The first-order chi connectivity index (χ1) is 13.5. The number of halogens is 1. The van der Waals surface area contributed by atoms with Gasteiger partial charge in [0.05, 0.1) is 12.2 Å². The van der Waals surface area contributed by atoms with E-state index in [1.165, 1.54) is 43.2 Å². The maximum atomic E-state index is 12.3. The minimum Gasteiger partial charge on any atom is -0.322 e. The molecular formula is C23H30ClN3O. The molecule has 2 N–H and O–H groups in total. The van der Waals surface area contributed by atoms with E-state index in [1.807, 2.05) is 0 Å². The molecule has 1 aliphatic rings. The molecule has 5 heteroatoms. The monoisotopic (exact) mass is 399 g/mol. The fraction of sp³-hybridized carbons (Fsp3) is 0.478. The Kier molecular flexibility index (Phi) is 7.46. The lowest BCUT2D eigenvalue weighted by atomic mass is 9.83. The van der Waals surface area contributed by atoms with Crippen LogP contribution in [0.15, 0.2) is 42.6 Å². The van der Waals surface area contributed by atoms with Crippen LogP contribution in [0, 0.1) is 5.92 Å². The molecule has 1 amide bonds. The van der Waals surface area contributed by atoms with Crippen LogP contribution in [0.1, 0.15) is 69.0 Å². The summed E-state index contributed by atoms with van der Waals surface area (Å²) in [6, 6.07) is 12.6. The van der Waals surface area contributed by atoms with E-state index >= 15 is 0 Å². The van der Waals surface area contributed by atoms with E-state index in [1.54, 1.807) is 18.3 Å². The third-order valence-corrected chi connectivity index (χ3v) is 5.86. The molecule has 0 saturated heterocycles. The number of carbonyl (C=O) groups is 1. The third-order valence-electron chi connectivity index (χ3n) is 5.55. The number of anilines is 1. The first kappa shape index (κ1) is 20.8. The molecule has 1 fully saturated rings. The predicted octanol–water partition coefficient (Wildman–Crippen LogP) is 5.71. The van der Waals surface area contributed by atoms with Gasteiger partial charge < -0.3 is 10.6 Å². The molecule has 1 aromatic carbocycles. The second-order valence-electron chi connectivity index (χ2n) is 7.99. The number of pyridine rings is 1. The van der Waals surface area contributed by atoms with Crippen LogP contribution >= 0.6 is 11.6 Å². The Bertz CT molecular complexity index is 770. The van der Waals surface area contributed by atoms with E-state index in [0.717, 1.165) is 0 Å². The van der Waals surface area contributed by atoms with E-state index < -0.39 is 0 Å².